The van der Waals surface area contributed by atoms with Crippen molar-refractivity contribution in [1.82, 2.24) is 19.9 Å². The van der Waals surface area contributed by atoms with Gasteiger partial charge in [-0.25, -0.2) is 9.97 Å². The highest BCUT2D eigenvalue weighted by Crippen LogP contribution is 2.38. The molecule has 4 rings (SSSR count). The van der Waals surface area contributed by atoms with Gasteiger partial charge in [0.05, 0.1) is 5.39 Å². The van der Waals surface area contributed by atoms with E-state index < -0.39 is 5.66 Å². The Morgan fingerprint density at radius 1 is 1.18 bits per heavy atom. The molecular weight excluding hydrogens is 352 g/mol. The van der Waals surface area contributed by atoms with E-state index in [0.717, 1.165) is 49.2 Å². The van der Waals surface area contributed by atoms with Crippen LogP contribution in [-0.2, 0) is 10.5 Å². The van der Waals surface area contributed by atoms with Crippen molar-refractivity contribution in [2.75, 3.05) is 18.4 Å². The number of benzene rings is 1. The fraction of sp³-hybridized carbons (Fsp3) is 0.381. The van der Waals surface area contributed by atoms with Crippen LogP contribution in [-0.4, -0.2) is 38.8 Å². The Balaban J connectivity index is 1.78. The maximum atomic E-state index is 11.4. The Labute approximate surface area is 164 Å². The van der Waals surface area contributed by atoms with Gasteiger partial charge in [0.15, 0.2) is 0 Å². The van der Waals surface area contributed by atoms with Crippen LogP contribution in [0.25, 0.3) is 11.0 Å². The van der Waals surface area contributed by atoms with E-state index in [-0.39, 0.29) is 5.91 Å². The van der Waals surface area contributed by atoms with E-state index in [9.17, 15) is 4.79 Å². The Hall–Kier alpha value is -2.93. The van der Waals surface area contributed by atoms with Gasteiger partial charge in [0.25, 0.3) is 0 Å². The second-order valence-electron chi connectivity index (χ2n) is 7.33. The van der Waals surface area contributed by atoms with Crippen LogP contribution in [0.5, 0.6) is 0 Å². The molecule has 1 aliphatic rings. The molecule has 0 spiro atoms. The van der Waals surface area contributed by atoms with Gasteiger partial charge in [-0.1, -0.05) is 30.3 Å². The maximum Gasteiger partial charge on any atom is 0.217 e. The Bertz CT molecular complexity index is 934. The van der Waals surface area contributed by atoms with Gasteiger partial charge in [-0.05, 0) is 37.3 Å². The number of rotatable bonds is 8. The van der Waals surface area contributed by atoms with Gasteiger partial charge in [-0.15, -0.1) is 0 Å². The molecule has 2 aromatic heterocycles. The van der Waals surface area contributed by atoms with Gasteiger partial charge < -0.3 is 16.0 Å². The topological polar surface area (TPSA) is 99.9 Å². The first-order valence-electron chi connectivity index (χ1n) is 9.84. The summed E-state index contributed by atoms with van der Waals surface area (Å²) in [7, 11) is 0. The summed E-state index contributed by atoms with van der Waals surface area (Å²) < 4.78 is 0. The quantitative estimate of drug-likeness (QED) is 0.559. The molecule has 1 amide bonds. The number of likely N-dealkylation sites (tertiary alicyclic amines) is 1. The third-order valence-corrected chi connectivity index (χ3v) is 5.54. The van der Waals surface area contributed by atoms with Gasteiger partial charge in [0.2, 0.25) is 5.91 Å². The summed E-state index contributed by atoms with van der Waals surface area (Å²) >= 11 is 0. The molecule has 0 saturated carbocycles. The van der Waals surface area contributed by atoms with Crippen LogP contribution in [0.2, 0.25) is 0 Å². The molecule has 28 heavy (non-hydrogen) atoms. The monoisotopic (exact) mass is 378 g/mol. The Kier molecular flexibility index (Phi) is 5.25. The molecule has 7 heteroatoms. The minimum absolute atomic E-state index is 0.265. The lowest BCUT2D eigenvalue weighted by Gasteiger charge is -2.44. The third-order valence-electron chi connectivity index (χ3n) is 5.54. The molecule has 0 radical (unpaired) electrons. The fourth-order valence-corrected chi connectivity index (χ4v) is 4.20. The lowest BCUT2D eigenvalue weighted by molar-refractivity contribution is -0.118. The van der Waals surface area contributed by atoms with Crippen LogP contribution >= 0.6 is 0 Å². The van der Waals surface area contributed by atoms with E-state index in [1.54, 1.807) is 6.33 Å². The van der Waals surface area contributed by atoms with Crippen molar-refractivity contribution in [3.8, 4) is 0 Å². The lowest BCUT2D eigenvalue weighted by atomic mass is 9.91. The van der Waals surface area contributed by atoms with Crippen molar-refractivity contribution in [2.24, 2.45) is 5.73 Å². The van der Waals surface area contributed by atoms with Crippen LogP contribution in [0.4, 0.5) is 5.82 Å². The highest BCUT2D eigenvalue weighted by atomic mass is 16.1. The first-order valence-corrected chi connectivity index (χ1v) is 9.84. The molecule has 1 saturated heterocycles. The number of primary amides is 1. The van der Waals surface area contributed by atoms with Crippen LogP contribution < -0.4 is 11.1 Å². The fourth-order valence-electron chi connectivity index (χ4n) is 4.20. The predicted octanol–water partition coefficient (Wildman–Crippen LogP) is 2.97. The molecule has 3 heterocycles. The smallest absolute Gasteiger partial charge is 0.217 e. The van der Waals surface area contributed by atoms with Gasteiger partial charge in [0, 0.05) is 25.7 Å². The van der Waals surface area contributed by atoms with Gasteiger partial charge in [0.1, 0.15) is 23.5 Å². The predicted molar refractivity (Wildman–Crippen MR) is 109 cm³/mol. The molecule has 1 fully saturated rings. The highest BCUT2D eigenvalue weighted by Gasteiger charge is 2.40. The number of aromatic amines is 1. The molecule has 0 bridgehead atoms. The van der Waals surface area contributed by atoms with E-state index in [1.165, 1.54) is 5.56 Å². The minimum Gasteiger partial charge on any atom is -0.370 e. The van der Waals surface area contributed by atoms with E-state index in [0.29, 0.717) is 12.8 Å². The second kappa shape index (κ2) is 7.98. The zero-order valence-electron chi connectivity index (χ0n) is 15.9. The molecule has 1 unspecified atom stereocenters. The van der Waals surface area contributed by atoms with Crippen molar-refractivity contribution >= 4 is 22.8 Å². The van der Waals surface area contributed by atoms with Crippen molar-refractivity contribution in [2.45, 2.75) is 37.8 Å². The number of anilines is 1. The van der Waals surface area contributed by atoms with E-state index in [1.807, 2.05) is 18.3 Å². The van der Waals surface area contributed by atoms with Crippen molar-refractivity contribution in [3.63, 3.8) is 0 Å². The summed E-state index contributed by atoms with van der Waals surface area (Å²) in [6.45, 7) is 2.00. The van der Waals surface area contributed by atoms with Crippen LogP contribution in [0.15, 0.2) is 48.9 Å². The second-order valence-corrected chi connectivity index (χ2v) is 7.33. The summed E-state index contributed by atoms with van der Waals surface area (Å²) in [5, 5.41) is 4.71. The zero-order chi connectivity index (χ0) is 19.4. The number of nitrogens with one attached hydrogen (secondary N) is 2. The SMILES string of the molecule is NC(=O)CCCC(Nc1ncnc2[nH]ccc12)(c1ccccc1)N1CCCC1. The molecule has 7 nitrogen and oxygen atoms in total. The van der Waals surface area contributed by atoms with E-state index >= 15 is 0 Å². The van der Waals surface area contributed by atoms with Crippen LogP contribution in [0, 0.1) is 0 Å². The summed E-state index contributed by atoms with van der Waals surface area (Å²) in [5.41, 5.74) is 6.95. The van der Waals surface area contributed by atoms with Crippen molar-refractivity contribution < 1.29 is 4.79 Å². The normalized spacial score (nSPS) is 16.9. The number of carbonyl (C=O) groups is 1. The molecule has 1 aliphatic heterocycles. The summed E-state index contributed by atoms with van der Waals surface area (Å²) in [4.78, 5) is 25.9. The number of hydrogen-bond acceptors (Lipinski definition) is 5. The molecule has 3 aromatic rings. The largest absolute Gasteiger partial charge is 0.370 e. The number of nitrogens with zero attached hydrogens (tertiary/aromatic N) is 3. The number of H-pyrrole nitrogens is 1. The lowest BCUT2D eigenvalue weighted by Crippen LogP contribution is -2.51. The molecular formula is C21H26N6O. The minimum atomic E-state index is -0.453. The molecule has 0 aliphatic carbocycles. The maximum absolute atomic E-state index is 11.4. The number of carbonyl (C=O) groups excluding carboxylic acids is 1. The van der Waals surface area contributed by atoms with Crippen molar-refractivity contribution in [3.05, 3.63) is 54.5 Å². The molecule has 146 valence electrons. The summed E-state index contributed by atoms with van der Waals surface area (Å²) in [6, 6.07) is 12.4. The average molecular weight is 378 g/mol. The average Bonchev–Trinajstić information content (AvgIpc) is 3.40. The van der Waals surface area contributed by atoms with E-state index in [4.69, 9.17) is 5.73 Å². The van der Waals surface area contributed by atoms with Gasteiger partial charge in [-0.3, -0.25) is 9.69 Å². The first kappa shape index (κ1) is 18.4. The highest BCUT2D eigenvalue weighted by molar-refractivity contribution is 5.87. The standard InChI is InChI=1S/C21H26N6O/c22-18(28)9-6-11-21(27-13-4-5-14-27,16-7-2-1-3-8-16)26-20-17-10-12-23-19(17)24-15-25-20/h1-3,7-8,10,12,15H,4-6,9,11,13-14H2,(H2,22,28)(H2,23,24,25,26). The van der Waals surface area contributed by atoms with Crippen molar-refractivity contribution in [1.29, 1.82) is 0 Å². The zero-order valence-corrected chi connectivity index (χ0v) is 15.9. The molecule has 1 aromatic carbocycles. The summed E-state index contributed by atoms with van der Waals surface area (Å²) in [6.07, 6.45) is 7.60. The first-order chi connectivity index (χ1) is 13.7. The number of fused-ring (bicyclic) bond motifs is 1. The number of nitrogens with two attached hydrogens (primary N) is 1. The Morgan fingerprint density at radius 2 is 1.96 bits per heavy atom. The Morgan fingerprint density at radius 3 is 2.71 bits per heavy atom. The van der Waals surface area contributed by atoms with Gasteiger partial charge in [-0.2, -0.15) is 0 Å². The number of aromatic nitrogens is 3. The van der Waals surface area contributed by atoms with Crippen LogP contribution in [0.1, 0.15) is 37.7 Å². The number of amides is 1. The third kappa shape index (κ3) is 3.57. The summed E-state index contributed by atoms with van der Waals surface area (Å²) in [5.74, 6) is 0.527. The molecule has 1 atom stereocenters. The molecule has 4 N–H and O–H groups in total. The van der Waals surface area contributed by atoms with Gasteiger partial charge >= 0.3 is 0 Å². The van der Waals surface area contributed by atoms with E-state index in [2.05, 4.69) is 49.4 Å². The van der Waals surface area contributed by atoms with Crippen LogP contribution in [0.3, 0.4) is 0 Å². The number of hydrogen-bond donors (Lipinski definition) is 3.